The fourth-order valence-corrected chi connectivity index (χ4v) is 2.52. The Hall–Kier alpha value is -3.99. The van der Waals surface area contributed by atoms with E-state index in [0.717, 1.165) is 5.56 Å². The van der Waals surface area contributed by atoms with Gasteiger partial charge in [0.15, 0.2) is 0 Å². The summed E-state index contributed by atoms with van der Waals surface area (Å²) in [6.07, 6.45) is 1.34. The van der Waals surface area contributed by atoms with Gasteiger partial charge in [-0.15, -0.1) is 0 Å². The van der Waals surface area contributed by atoms with Gasteiger partial charge in [0.1, 0.15) is 29.8 Å². The lowest BCUT2D eigenvalue weighted by atomic mass is 10.2. The van der Waals surface area contributed by atoms with E-state index in [1.54, 1.807) is 48.5 Å². The van der Waals surface area contributed by atoms with Crippen LogP contribution in [0.15, 0.2) is 60.8 Å². The summed E-state index contributed by atoms with van der Waals surface area (Å²) in [7, 11) is 0. The van der Waals surface area contributed by atoms with Crippen LogP contribution in [0.5, 0.6) is 5.75 Å². The first kappa shape index (κ1) is 18.8. The summed E-state index contributed by atoms with van der Waals surface area (Å²) in [5, 5.41) is 23.1. The number of aromatic nitrogens is 1. The number of anilines is 1. The third kappa shape index (κ3) is 4.40. The number of hydrogen-bond donors (Lipinski definition) is 1. The zero-order valence-electron chi connectivity index (χ0n) is 14.6. The number of ether oxygens (including phenoxy) is 1. The molecule has 0 saturated heterocycles. The molecule has 1 N–H and O–H groups in total. The van der Waals surface area contributed by atoms with E-state index in [4.69, 9.17) is 10.00 Å². The summed E-state index contributed by atoms with van der Waals surface area (Å²) < 4.78 is 19.2. The number of benzene rings is 2. The Bertz CT molecular complexity index is 1030. The lowest BCUT2D eigenvalue weighted by molar-refractivity contribution is -0.384. The molecule has 0 spiro atoms. The summed E-state index contributed by atoms with van der Waals surface area (Å²) >= 11 is 0. The van der Waals surface area contributed by atoms with E-state index in [1.807, 2.05) is 0 Å². The van der Waals surface area contributed by atoms with Crippen LogP contribution in [0.1, 0.15) is 16.7 Å². The predicted molar refractivity (Wildman–Crippen MR) is 100 cm³/mol. The molecule has 3 aromatic rings. The monoisotopic (exact) mass is 378 g/mol. The normalized spacial score (nSPS) is 10.1. The molecule has 0 aliphatic rings. The molecule has 140 valence electrons. The molecule has 0 aliphatic carbocycles. The minimum absolute atomic E-state index is 0.0314. The third-order valence-electron chi connectivity index (χ3n) is 3.96. The quantitative estimate of drug-likeness (QED) is 0.489. The van der Waals surface area contributed by atoms with Crippen molar-refractivity contribution in [2.75, 3.05) is 5.32 Å². The van der Waals surface area contributed by atoms with Crippen LogP contribution in [-0.2, 0) is 13.2 Å². The fraction of sp³-hybridized carbons (Fsp3) is 0.100. The van der Waals surface area contributed by atoms with Gasteiger partial charge in [0.05, 0.1) is 4.92 Å². The van der Waals surface area contributed by atoms with Crippen LogP contribution < -0.4 is 10.1 Å². The van der Waals surface area contributed by atoms with E-state index in [9.17, 15) is 14.5 Å². The van der Waals surface area contributed by atoms with Crippen molar-refractivity contribution in [1.82, 2.24) is 4.98 Å². The molecule has 0 amide bonds. The highest BCUT2D eigenvalue weighted by atomic mass is 19.1. The molecule has 0 atom stereocenters. The van der Waals surface area contributed by atoms with Gasteiger partial charge in [0, 0.05) is 18.3 Å². The van der Waals surface area contributed by atoms with E-state index in [2.05, 4.69) is 10.3 Å². The number of rotatable bonds is 7. The first-order valence-electron chi connectivity index (χ1n) is 8.31. The van der Waals surface area contributed by atoms with Crippen molar-refractivity contribution >= 4 is 11.5 Å². The SMILES string of the molecule is N#Cc1ccnc(NCc2ccc(OCc3ccccc3F)cc2)c1[N+](=O)[O-]. The van der Waals surface area contributed by atoms with Crippen molar-refractivity contribution in [2.45, 2.75) is 13.2 Å². The number of pyridine rings is 1. The molecule has 28 heavy (non-hydrogen) atoms. The number of hydrogen-bond acceptors (Lipinski definition) is 6. The van der Waals surface area contributed by atoms with Crippen LogP contribution >= 0.6 is 0 Å². The minimum atomic E-state index is -0.631. The largest absolute Gasteiger partial charge is 0.489 e. The molecule has 0 unspecified atom stereocenters. The van der Waals surface area contributed by atoms with Crippen molar-refractivity contribution in [1.29, 1.82) is 5.26 Å². The molecule has 1 heterocycles. The number of nitrogens with zero attached hydrogens (tertiary/aromatic N) is 3. The minimum Gasteiger partial charge on any atom is -0.489 e. The van der Waals surface area contributed by atoms with Gasteiger partial charge in [-0.05, 0) is 29.8 Å². The Kier molecular flexibility index (Phi) is 5.77. The van der Waals surface area contributed by atoms with Crippen LogP contribution in [-0.4, -0.2) is 9.91 Å². The highest BCUT2D eigenvalue weighted by molar-refractivity contribution is 5.64. The molecular formula is C20H15FN4O3. The molecule has 2 aromatic carbocycles. The molecular weight excluding hydrogens is 363 g/mol. The number of nitriles is 1. The second-order valence-corrected chi connectivity index (χ2v) is 5.80. The summed E-state index contributed by atoms with van der Waals surface area (Å²) in [5.74, 6) is 0.281. The molecule has 0 aliphatic heterocycles. The van der Waals surface area contributed by atoms with Crippen LogP contribution in [0.25, 0.3) is 0 Å². The summed E-state index contributed by atoms with van der Waals surface area (Å²) in [5.41, 5.74) is 0.884. The van der Waals surface area contributed by atoms with Crippen LogP contribution in [0, 0.1) is 27.3 Å². The Morgan fingerprint density at radius 3 is 2.61 bits per heavy atom. The maximum atomic E-state index is 13.6. The summed E-state index contributed by atoms with van der Waals surface area (Å²) in [4.78, 5) is 14.5. The van der Waals surface area contributed by atoms with Crippen molar-refractivity contribution < 1.29 is 14.1 Å². The molecule has 0 saturated carbocycles. The Labute approximate surface area is 160 Å². The second-order valence-electron chi connectivity index (χ2n) is 5.80. The number of nitrogens with one attached hydrogen (secondary N) is 1. The Morgan fingerprint density at radius 1 is 1.18 bits per heavy atom. The van der Waals surface area contributed by atoms with E-state index < -0.39 is 4.92 Å². The predicted octanol–water partition coefficient (Wildman–Crippen LogP) is 4.19. The van der Waals surface area contributed by atoms with Crippen LogP contribution in [0.4, 0.5) is 15.9 Å². The highest BCUT2D eigenvalue weighted by Gasteiger charge is 2.20. The van der Waals surface area contributed by atoms with Crippen LogP contribution in [0.3, 0.4) is 0 Å². The van der Waals surface area contributed by atoms with Gasteiger partial charge in [-0.25, -0.2) is 9.37 Å². The Morgan fingerprint density at radius 2 is 1.93 bits per heavy atom. The average molecular weight is 378 g/mol. The van der Waals surface area contributed by atoms with Crippen molar-refractivity contribution in [3.8, 4) is 11.8 Å². The molecule has 0 radical (unpaired) electrons. The van der Waals surface area contributed by atoms with E-state index >= 15 is 0 Å². The molecule has 1 aromatic heterocycles. The average Bonchev–Trinajstić information content (AvgIpc) is 2.72. The smallest absolute Gasteiger partial charge is 0.328 e. The van der Waals surface area contributed by atoms with Gasteiger partial charge in [-0.1, -0.05) is 30.3 Å². The second kappa shape index (κ2) is 8.60. The zero-order valence-corrected chi connectivity index (χ0v) is 14.6. The molecule has 3 rings (SSSR count). The molecule has 8 heteroatoms. The zero-order chi connectivity index (χ0) is 19.9. The summed E-state index contributed by atoms with van der Waals surface area (Å²) in [6.45, 7) is 0.387. The van der Waals surface area contributed by atoms with Crippen LogP contribution in [0.2, 0.25) is 0 Å². The number of halogens is 1. The van der Waals surface area contributed by atoms with Crippen molar-refractivity contribution in [3.05, 3.63) is 93.4 Å². The Balaban J connectivity index is 1.63. The van der Waals surface area contributed by atoms with Gasteiger partial charge in [-0.2, -0.15) is 5.26 Å². The van der Waals surface area contributed by atoms with Gasteiger partial charge in [-0.3, -0.25) is 10.1 Å². The lowest BCUT2D eigenvalue weighted by Crippen LogP contribution is -2.06. The molecule has 0 bridgehead atoms. The van der Waals surface area contributed by atoms with E-state index in [-0.39, 0.29) is 36.0 Å². The fourth-order valence-electron chi connectivity index (χ4n) is 2.52. The standard InChI is InChI=1S/C20H15FN4O3/c21-18-4-2-1-3-16(18)13-28-17-7-5-14(6-8-17)12-24-20-19(25(26)27)15(11-22)9-10-23-20/h1-10H,12-13H2,(H,23,24). The van der Waals surface area contributed by atoms with E-state index in [1.165, 1.54) is 18.3 Å². The van der Waals surface area contributed by atoms with Crippen molar-refractivity contribution in [2.24, 2.45) is 0 Å². The summed E-state index contributed by atoms with van der Waals surface area (Å²) in [6, 6.07) is 16.5. The first-order chi connectivity index (χ1) is 13.6. The molecule has 0 fully saturated rings. The van der Waals surface area contributed by atoms with Gasteiger partial charge >= 0.3 is 5.69 Å². The van der Waals surface area contributed by atoms with Gasteiger partial charge in [0.25, 0.3) is 0 Å². The maximum absolute atomic E-state index is 13.6. The highest BCUT2D eigenvalue weighted by Crippen LogP contribution is 2.26. The maximum Gasteiger partial charge on any atom is 0.328 e. The molecule has 7 nitrogen and oxygen atoms in total. The van der Waals surface area contributed by atoms with Crippen molar-refractivity contribution in [3.63, 3.8) is 0 Å². The van der Waals surface area contributed by atoms with Gasteiger partial charge < -0.3 is 10.1 Å². The topological polar surface area (TPSA) is 101 Å². The lowest BCUT2D eigenvalue weighted by Gasteiger charge is -2.09. The van der Waals surface area contributed by atoms with E-state index in [0.29, 0.717) is 11.3 Å². The third-order valence-corrected chi connectivity index (χ3v) is 3.96. The van der Waals surface area contributed by atoms with Gasteiger partial charge in [0.2, 0.25) is 5.82 Å². The first-order valence-corrected chi connectivity index (χ1v) is 8.31. The number of nitro groups is 1.